The van der Waals surface area contributed by atoms with Crippen LogP contribution in [0, 0.1) is 0 Å². The maximum Gasteiger partial charge on any atom is 0.186 e. The standard InChI is InChI=1S/C22H27N3O/c1-4-16-11-8-12-18-19(15-24-20(16)18)22(26)21(23-13-14-25(2)3)17-9-6-5-7-10-17/h5-12,15,21,23-24H,4,13-14H2,1-3H3/t21-/m0/s1. The van der Waals surface area contributed by atoms with Crippen LogP contribution >= 0.6 is 0 Å². The van der Waals surface area contributed by atoms with Gasteiger partial charge in [0.25, 0.3) is 0 Å². The van der Waals surface area contributed by atoms with E-state index in [1.165, 1.54) is 5.56 Å². The molecule has 0 spiro atoms. The van der Waals surface area contributed by atoms with Crippen LogP contribution in [-0.2, 0) is 6.42 Å². The number of Topliss-reactive ketones (excluding diaryl/α,β-unsaturated/α-hetero) is 1. The molecule has 2 N–H and O–H groups in total. The van der Waals surface area contributed by atoms with E-state index in [-0.39, 0.29) is 11.8 Å². The number of benzene rings is 2. The lowest BCUT2D eigenvalue weighted by atomic mass is 9.96. The number of carbonyl (C=O) groups excluding carboxylic acids is 1. The van der Waals surface area contributed by atoms with Crippen LogP contribution in [0.3, 0.4) is 0 Å². The van der Waals surface area contributed by atoms with Crippen LogP contribution in [0.1, 0.15) is 34.5 Å². The summed E-state index contributed by atoms with van der Waals surface area (Å²) < 4.78 is 0. The van der Waals surface area contributed by atoms with Crippen molar-refractivity contribution in [1.29, 1.82) is 0 Å². The van der Waals surface area contributed by atoms with E-state index in [0.717, 1.165) is 41.5 Å². The molecule has 1 heterocycles. The zero-order valence-electron chi connectivity index (χ0n) is 15.8. The summed E-state index contributed by atoms with van der Waals surface area (Å²) in [6.45, 7) is 3.76. The molecule has 0 amide bonds. The number of likely N-dealkylation sites (N-methyl/N-ethyl adjacent to an activating group) is 1. The van der Waals surface area contributed by atoms with Gasteiger partial charge in [0.15, 0.2) is 5.78 Å². The van der Waals surface area contributed by atoms with Gasteiger partial charge in [-0.15, -0.1) is 0 Å². The molecule has 0 fully saturated rings. The number of fused-ring (bicyclic) bond motifs is 1. The Balaban J connectivity index is 1.95. The van der Waals surface area contributed by atoms with E-state index >= 15 is 0 Å². The van der Waals surface area contributed by atoms with Crippen LogP contribution in [0.2, 0.25) is 0 Å². The molecule has 1 atom stereocenters. The summed E-state index contributed by atoms with van der Waals surface area (Å²) in [6, 6.07) is 15.8. The van der Waals surface area contributed by atoms with Gasteiger partial charge in [0.1, 0.15) is 0 Å². The van der Waals surface area contributed by atoms with E-state index in [1.807, 2.05) is 62.8 Å². The van der Waals surface area contributed by atoms with E-state index in [4.69, 9.17) is 0 Å². The van der Waals surface area contributed by atoms with Gasteiger partial charge in [0.2, 0.25) is 0 Å². The summed E-state index contributed by atoms with van der Waals surface area (Å²) in [4.78, 5) is 18.8. The molecule has 0 unspecified atom stereocenters. The molecule has 136 valence electrons. The minimum Gasteiger partial charge on any atom is -0.360 e. The van der Waals surface area contributed by atoms with Crippen molar-refractivity contribution in [2.75, 3.05) is 27.2 Å². The van der Waals surface area contributed by atoms with Crippen molar-refractivity contribution >= 4 is 16.7 Å². The molecular weight excluding hydrogens is 322 g/mol. The molecule has 0 radical (unpaired) electrons. The molecule has 26 heavy (non-hydrogen) atoms. The van der Waals surface area contributed by atoms with Gasteiger partial charge in [-0.2, -0.15) is 0 Å². The molecule has 0 saturated carbocycles. The predicted octanol–water partition coefficient (Wildman–Crippen LogP) is 3.81. The number of nitrogens with zero attached hydrogens (tertiary/aromatic N) is 1. The highest BCUT2D eigenvalue weighted by Crippen LogP contribution is 2.26. The molecule has 1 aromatic heterocycles. The van der Waals surface area contributed by atoms with Gasteiger partial charge < -0.3 is 15.2 Å². The molecule has 3 aromatic rings. The highest BCUT2D eigenvalue weighted by molar-refractivity contribution is 6.11. The van der Waals surface area contributed by atoms with Crippen molar-refractivity contribution in [3.05, 3.63) is 71.4 Å². The van der Waals surface area contributed by atoms with Gasteiger partial charge in [-0.25, -0.2) is 0 Å². The fourth-order valence-electron chi connectivity index (χ4n) is 3.31. The Kier molecular flexibility index (Phi) is 5.86. The third-order valence-corrected chi connectivity index (χ3v) is 4.75. The Morgan fingerprint density at radius 1 is 1.12 bits per heavy atom. The lowest BCUT2D eigenvalue weighted by Gasteiger charge is -2.19. The SMILES string of the molecule is CCc1cccc2c(C(=O)[C@@H](NCCN(C)C)c3ccccc3)c[nH]c12. The van der Waals surface area contributed by atoms with Crippen molar-refractivity contribution in [2.45, 2.75) is 19.4 Å². The number of hydrogen-bond acceptors (Lipinski definition) is 3. The number of para-hydroxylation sites is 1. The van der Waals surface area contributed by atoms with E-state index in [2.05, 4.69) is 28.2 Å². The molecule has 0 aliphatic heterocycles. The number of aromatic nitrogens is 1. The van der Waals surface area contributed by atoms with Gasteiger partial charge in [-0.3, -0.25) is 4.79 Å². The average molecular weight is 349 g/mol. The number of H-pyrrole nitrogens is 1. The second-order valence-corrected chi connectivity index (χ2v) is 6.86. The van der Waals surface area contributed by atoms with Crippen molar-refractivity contribution in [1.82, 2.24) is 15.2 Å². The second kappa shape index (κ2) is 8.30. The van der Waals surface area contributed by atoms with Crippen molar-refractivity contribution in [2.24, 2.45) is 0 Å². The molecule has 2 aromatic carbocycles. The number of nitrogens with one attached hydrogen (secondary N) is 2. The van der Waals surface area contributed by atoms with E-state index < -0.39 is 0 Å². The monoisotopic (exact) mass is 349 g/mol. The Morgan fingerprint density at radius 3 is 2.58 bits per heavy atom. The number of rotatable bonds is 8. The first-order valence-corrected chi connectivity index (χ1v) is 9.18. The molecule has 4 heteroatoms. The van der Waals surface area contributed by atoms with Crippen LogP contribution in [0.15, 0.2) is 54.7 Å². The molecule has 0 saturated heterocycles. The van der Waals surface area contributed by atoms with Gasteiger partial charge in [-0.1, -0.05) is 55.5 Å². The number of aryl methyl sites for hydroxylation is 1. The summed E-state index contributed by atoms with van der Waals surface area (Å²) in [5.74, 6) is 0.106. The van der Waals surface area contributed by atoms with Gasteiger partial charge in [-0.05, 0) is 31.6 Å². The first kappa shape index (κ1) is 18.4. The minimum absolute atomic E-state index is 0.106. The topological polar surface area (TPSA) is 48.1 Å². The highest BCUT2D eigenvalue weighted by atomic mass is 16.1. The Labute approximate surface area is 155 Å². The average Bonchev–Trinajstić information content (AvgIpc) is 3.09. The Morgan fingerprint density at radius 2 is 1.88 bits per heavy atom. The van der Waals surface area contributed by atoms with Gasteiger partial charge in [0, 0.05) is 35.8 Å². The highest BCUT2D eigenvalue weighted by Gasteiger charge is 2.24. The molecule has 4 nitrogen and oxygen atoms in total. The predicted molar refractivity (Wildman–Crippen MR) is 108 cm³/mol. The maximum atomic E-state index is 13.4. The first-order valence-electron chi connectivity index (χ1n) is 9.18. The van der Waals surface area contributed by atoms with Gasteiger partial charge in [0.05, 0.1) is 6.04 Å². The number of hydrogen-bond donors (Lipinski definition) is 2. The quantitative estimate of drug-likeness (QED) is 0.608. The lowest BCUT2D eigenvalue weighted by Crippen LogP contribution is -2.34. The summed E-state index contributed by atoms with van der Waals surface area (Å²) in [5, 5.41) is 4.45. The first-order chi connectivity index (χ1) is 12.6. The summed E-state index contributed by atoms with van der Waals surface area (Å²) in [5.41, 5.74) is 4.05. The third kappa shape index (κ3) is 3.87. The fourth-order valence-corrected chi connectivity index (χ4v) is 3.31. The van der Waals surface area contributed by atoms with E-state index in [0.29, 0.717) is 0 Å². The summed E-state index contributed by atoms with van der Waals surface area (Å²) in [7, 11) is 4.07. The summed E-state index contributed by atoms with van der Waals surface area (Å²) in [6.07, 6.45) is 2.80. The normalized spacial score (nSPS) is 12.6. The van der Waals surface area contributed by atoms with Crippen LogP contribution in [-0.4, -0.2) is 42.9 Å². The number of aromatic amines is 1. The fraction of sp³-hybridized carbons (Fsp3) is 0.318. The lowest BCUT2D eigenvalue weighted by molar-refractivity contribution is 0.0943. The molecule has 0 aliphatic rings. The number of carbonyl (C=O) groups is 1. The van der Waals surface area contributed by atoms with Crippen LogP contribution in [0.5, 0.6) is 0 Å². The molecule has 3 rings (SSSR count). The van der Waals surface area contributed by atoms with E-state index in [9.17, 15) is 4.79 Å². The number of ketones is 1. The minimum atomic E-state index is -0.347. The molecule has 0 aliphatic carbocycles. The maximum absolute atomic E-state index is 13.4. The zero-order chi connectivity index (χ0) is 18.5. The van der Waals surface area contributed by atoms with Gasteiger partial charge >= 0.3 is 0 Å². The van der Waals surface area contributed by atoms with Crippen molar-refractivity contribution in [3.8, 4) is 0 Å². The largest absolute Gasteiger partial charge is 0.360 e. The second-order valence-electron chi connectivity index (χ2n) is 6.86. The van der Waals surface area contributed by atoms with Crippen molar-refractivity contribution in [3.63, 3.8) is 0 Å². The Hall–Kier alpha value is -2.43. The Bertz CT molecular complexity index is 867. The summed E-state index contributed by atoms with van der Waals surface area (Å²) >= 11 is 0. The van der Waals surface area contributed by atoms with Crippen LogP contribution in [0.25, 0.3) is 10.9 Å². The van der Waals surface area contributed by atoms with Crippen LogP contribution in [0.4, 0.5) is 0 Å². The molecular formula is C22H27N3O. The van der Waals surface area contributed by atoms with Crippen molar-refractivity contribution < 1.29 is 4.79 Å². The van der Waals surface area contributed by atoms with Crippen LogP contribution < -0.4 is 5.32 Å². The van der Waals surface area contributed by atoms with E-state index in [1.54, 1.807) is 0 Å². The smallest absolute Gasteiger partial charge is 0.186 e. The third-order valence-electron chi connectivity index (χ3n) is 4.75. The zero-order valence-corrected chi connectivity index (χ0v) is 15.8. The molecule has 0 bridgehead atoms.